The van der Waals surface area contributed by atoms with E-state index in [0.717, 1.165) is 27.7 Å². The minimum absolute atomic E-state index is 0.0406. The molecule has 1 fully saturated rings. The molecule has 0 amide bonds. The summed E-state index contributed by atoms with van der Waals surface area (Å²) in [5.74, 6) is -0.895. The van der Waals surface area contributed by atoms with Gasteiger partial charge in [-0.25, -0.2) is 9.59 Å². The van der Waals surface area contributed by atoms with Crippen molar-refractivity contribution in [1.82, 2.24) is 4.98 Å². The molecule has 0 aliphatic carbocycles. The molecule has 184 valence electrons. The van der Waals surface area contributed by atoms with Gasteiger partial charge in [0.15, 0.2) is 0 Å². The number of carbonyl (C=O) groups excluding carboxylic acids is 2. The summed E-state index contributed by atoms with van der Waals surface area (Å²) in [5, 5.41) is 1.61. The molecule has 1 saturated heterocycles. The van der Waals surface area contributed by atoms with Gasteiger partial charge in [-0.3, -0.25) is 0 Å². The first kappa shape index (κ1) is 24.1. The van der Waals surface area contributed by atoms with Crippen molar-refractivity contribution in [2.45, 2.75) is 38.6 Å². The van der Waals surface area contributed by atoms with Crippen LogP contribution in [-0.4, -0.2) is 35.7 Å². The molecular formula is C29H26ClNO5. The van der Waals surface area contributed by atoms with Crippen molar-refractivity contribution < 1.29 is 23.8 Å². The Kier molecular flexibility index (Phi) is 6.81. The number of aryl methyl sites for hydroxylation is 2. The molecule has 1 aromatic heterocycles. The third-order valence-electron chi connectivity index (χ3n) is 6.36. The molecule has 1 N–H and O–H groups in total. The van der Waals surface area contributed by atoms with Crippen molar-refractivity contribution >= 4 is 34.4 Å². The number of rotatable bonds is 6. The van der Waals surface area contributed by atoms with Crippen molar-refractivity contribution in [2.24, 2.45) is 0 Å². The van der Waals surface area contributed by atoms with Crippen molar-refractivity contribution in [1.29, 1.82) is 0 Å². The van der Waals surface area contributed by atoms with E-state index in [1.54, 1.807) is 24.3 Å². The second-order valence-electron chi connectivity index (χ2n) is 9.13. The van der Waals surface area contributed by atoms with Crippen LogP contribution in [0.1, 0.15) is 50.1 Å². The maximum atomic E-state index is 12.9. The molecule has 1 aliphatic heterocycles. The summed E-state index contributed by atoms with van der Waals surface area (Å²) >= 11 is 6.14. The Morgan fingerprint density at radius 2 is 1.56 bits per heavy atom. The van der Waals surface area contributed by atoms with Crippen LogP contribution in [0.3, 0.4) is 0 Å². The van der Waals surface area contributed by atoms with Crippen LogP contribution in [0.2, 0.25) is 5.02 Å². The minimum Gasteiger partial charge on any atom is -0.459 e. The van der Waals surface area contributed by atoms with E-state index in [1.165, 1.54) is 0 Å². The lowest BCUT2D eigenvalue weighted by atomic mass is 10.1. The molecule has 7 heteroatoms. The summed E-state index contributed by atoms with van der Waals surface area (Å²) in [5.41, 5.74) is 4.79. The molecule has 0 spiro atoms. The van der Waals surface area contributed by atoms with Gasteiger partial charge in [0, 0.05) is 28.0 Å². The van der Waals surface area contributed by atoms with Crippen LogP contribution in [0.25, 0.3) is 10.9 Å². The first-order chi connectivity index (χ1) is 17.4. The Morgan fingerprint density at radius 1 is 0.917 bits per heavy atom. The molecular weight excluding hydrogens is 478 g/mol. The predicted octanol–water partition coefficient (Wildman–Crippen LogP) is 6.35. The fraction of sp³-hybridized carbons (Fsp3) is 0.241. The maximum absolute atomic E-state index is 12.9. The van der Waals surface area contributed by atoms with Gasteiger partial charge in [0.1, 0.15) is 24.9 Å². The number of nitrogens with one attached hydrogen (secondary N) is 1. The lowest BCUT2D eigenvalue weighted by molar-refractivity contribution is -0.0432. The van der Waals surface area contributed by atoms with E-state index in [4.69, 9.17) is 25.8 Å². The monoisotopic (exact) mass is 503 g/mol. The number of H-pyrrole nitrogens is 1. The van der Waals surface area contributed by atoms with Gasteiger partial charge in [-0.2, -0.15) is 0 Å². The number of hydrogen-bond acceptors (Lipinski definition) is 5. The Balaban J connectivity index is 1.34. The number of ether oxygens (including phenoxy) is 3. The van der Waals surface area contributed by atoms with Gasteiger partial charge in [0.25, 0.3) is 0 Å². The maximum Gasteiger partial charge on any atom is 0.338 e. The predicted molar refractivity (Wildman–Crippen MR) is 137 cm³/mol. The van der Waals surface area contributed by atoms with Crippen LogP contribution >= 0.6 is 11.6 Å². The summed E-state index contributed by atoms with van der Waals surface area (Å²) in [7, 11) is 0. The van der Waals surface area contributed by atoms with E-state index in [1.807, 2.05) is 62.4 Å². The van der Waals surface area contributed by atoms with E-state index in [-0.39, 0.29) is 12.7 Å². The second-order valence-corrected chi connectivity index (χ2v) is 9.57. The minimum atomic E-state index is -0.617. The number of aromatic amines is 1. The Bertz CT molecular complexity index is 1390. The summed E-state index contributed by atoms with van der Waals surface area (Å²) in [4.78, 5) is 28.8. The van der Waals surface area contributed by atoms with Crippen LogP contribution in [0.4, 0.5) is 0 Å². The highest BCUT2D eigenvalue weighted by Gasteiger charge is 2.40. The van der Waals surface area contributed by atoms with Crippen LogP contribution < -0.4 is 0 Å². The number of halogens is 1. The van der Waals surface area contributed by atoms with Gasteiger partial charge >= 0.3 is 11.9 Å². The van der Waals surface area contributed by atoms with Crippen LogP contribution in [0.5, 0.6) is 0 Å². The number of aromatic nitrogens is 1. The number of fused-ring (bicyclic) bond motifs is 1. The molecule has 0 saturated carbocycles. The lowest BCUT2D eigenvalue weighted by Crippen LogP contribution is -2.32. The molecule has 2 heterocycles. The first-order valence-electron chi connectivity index (χ1n) is 11.8. The van der Waals surface area contributed by atoms with E-state index in [2.05, 4.69) is 4.98 Å². The largest absolute Gasteiger partial charge is 0.459 e. The summed E-state index contributed by atoms with van der Waals surface area (Å²) < 4.78 is 17.7. The fourth-order valence-electron chi connectivity index (χ4n) is 4.31. The van der Waals surface area contributed by atoms with E-state index in [9.17, 15) is 9.59 Å². The Labute approximate surface area is 214 Å². The summed E-state index contributed by atoms with van der Waals surface area (Å²) in [6, 6.07) is 21.9. The molecule has 3 atom stereocenters. The first-order valence-corrected chi connectivity index (χ1v) is 12.2. The third-order valence-corrected chi connectivity index (χ3v) is 6.60. The van der Waals surface area contributed by atoms with Crippen molar-refractivity contribution in [3.63, 3.8) is 0 Å². The third kappa shape index (κ3) is 5.30. The van der Waals surface area contributed by atoms with E-state index < -0.39 is 24.1 Å². The smallest absolute Gasteiger partial charge is 0.338 e. The molecule has 0 bridgehead atoms. The number of carbonyl (C=O) groups is 2. The molecule has 1 aliphatic rings. The summed E-state index contributed by atoms with van der Waals surface area (Å²) in [6.07, 6.45) is -1.15. The number of benzene rings is 3. The van der Waals surface area contributed by atoms with Gasteiger partial charge < -0.3 is 19.2 Å². The average Bonchev–Trinajstić information content (AvgIpc) is 3.47. The highest BCUT2D eigenvalue weighted by molar-refractivity contribution is 6.31. The van der Waals surface area contributed by atoms with E-state index in [0.29, 0.717) is 22.6 Å². The molecule has 0 radical (unpaired) electrons. The van der Waals surface area contributed by atoms with E-state index >= 15 is 0 Å². The number of hydrogen-bond donors (Lipinski definition) is 1. The van der Waals surface area contributed by atoms with Gasteiger partial charge in [-0.15, -0.1) is 0 Å². The topological polar surface area (TPSA) is 77.6 Å². The quantitative estimate of drug-likeness (QED) is 0.310. The van der Waals surface area contributed by atoms with Crippen molar-refractivity contribution in [3.8, 4) is 0 Å². The molecule has 5 rings (SSSR count). The summed E-state index contributed by atoms with van der Waals surface area (Å²) in [6.45, 7) is 3.87. The van der Waals surface area contributed by atoms with Crippen LogP contribution in [0, 0.1) is 13.8 Å². The Morgan fingerprint density at radius 3 is 2.22 bits per heavy atom. The van der Waals surface area contributed by atoms with Crippen LogP contribution in [-0.2, 0) is 14.2 Å². The zero-order valence-corrected chi connectivity index (χ0v) is 20.7. The van der Waals surface area contributed by atoms with Gasteiger partial charge in [0.2, 0.25) is 0 Å². The SMILES string of the molecule is Cc1ccc(C(=O)OC[C@H]2O[C@@H](c3cc4cc(Cl)ccc4[nH]3)C[C@@H]2OC(=O)c2ccc(C)cc2)cc1. The molecule has 4 aromatic rings. The lowest BCUT2D eigenvalue weighted by Gasteiger charge is -2.19. The molecule has 6 nitrogen and oxygen atoms in total. The zero-order chi connectivity index (χ0) is 25.2. The highest BCUT2D eigenvalue weighted by atomic mass is 35.5. The molecule has 0 unspecified atom stereocenters. The molecule has 3 aromatic carbocycles. The Hall–Kier alpha value is -3.61. The normalized spacial score (nSPS) is 19.4. The number of esters is 2. The highest BCUT2D eigenvalue weighted by Crippen LogP contribution is 2.36. The van der Waals surface area contributed by atoms with Crippen molar-refractivity contribution in [3.05, 3.63) is 106 Å². The second kappa shape index (κ2) is 10.2. The van der Waals surface area contributed by atoms with Gasteiger partial charge in [-0.05, 0) is 62.4 Å². The van der Waals surface area contributed by atoms with Gasteiger partial charge in [0.05, 0.1) is 11.1 Å². The van der Waals surface area contributed by atoms with Gasteiger partial charge in [-0.1, -0.05) is 47.0 Å². The zero-order valence-electron chi connectivity index (χ0n) is 20.0. The standard InChI is InChI=1S/C29H26ClNO5/c1-17-3-7-19(8-4-17)28(32)34-16-27-26(36-29(33)20-9-5-18(2)6-10-20)15-25(35-27)24-14-21-13-22(30)11-12-23(21)31-24/h3-14,25-27,31H,15-16H2,1-2H3/t25-,26+,27-/m1/s1. The van der Waals surface area contributed by atoms with Crippen molar-refractivity contribution in [2.75, 3.05) is 6.61 Å². The average molecular weight is 504 g/mol. The molecule has 36 heavy (non-hydrogen) atoms. The fourth-order valence-corrected chi connectivity index (χ4v) is 4.49. The van der Waals surface area contributed by atoms with Crippen LogP contribution in [0.15, 0.2) is 72.8 Å².